The molecule has 0 atom stereocenters. The van der Waals surface area contributed by atoms with Crippen LogP contribution >= 0.6 is 0 Å². The van der Waals surface area contributed by atoms with Gasteiger partial charge in [0.15, 0.2) is 5.78 Å². The second-order valence-electron chi connectivity index (χ2n) is 5.03. The van der Waals surface area contributed by atoms with Crippen molar-refractivity contribution in [3.05, 3.63) is 58.1 Å². The van der Waals surface area contributed by atoms with Crippen LogP contribution in [0.1, 0.15) is 32.6 Å². The molecule has 0 unspecified atom stereocenters. The summed E-state index contributed by atoms with van der Waals surface area (Å²) in [6.07, 6.45) is 0. The third-order valence-electron chi connectivity index (χ3n) is 3.59. The Kier molecular flexibility index (Phi) is 3.79. The molecule has 0 saturated heterocycles. The number of anilines is 1. The van der Waals surface area contributed by atoms with E-state index in [4.69, 9.17) is 10.5 Å². The van der Waals surface area contributed by atoms with Gasteiger partial charge in [-0.3, -0.25) is 4.79 Å². The van der Waals surface area contributed by atoms with Gasteiger partial charge >= 0.3 is 0 Å². The van der Waals surface area contributed by atoms with Gasteiger partial charge in [-0.25, -0.2) is 0 Å². The summed E-state index contributed by atoms with van der Waals surface area (Å²) in [6, 6.07) is 9.08. The molecule has 2 aromatic carbocycles. The standard InChI is InChI=1S/C17H19NO2/c1-10-7-12(3)14(8-11(10)2)17(19)15-9-13(20-4)5-6-16(15)18/h5-9H,18H2,1-4H3. The highest BCUT2D eigenvalue weighted by Crippen LogP contribution is 2.25. The zero-order valence-corrected chi connectivity index (χ0v) is 12.3. The number of methoxy groups -OCH3 is 1. The molecule has 0 radical (unpaired) electrons. The number of carbonyl (C=O) groups excluding carboxylic acids is 1. The van der Waals surface area contributed by atoms with Crippen LogP contribution in [0.4, 0.5) is 5.69 Å². The van der Waals surface area contributed by atoms with Gasteiger partial charge in [0.2, 0.25) is 0 Å². The number of ketones is 1. The minimum Gasteiger partial charge on any atom is -0.497 e. The third-order valence-corrected chi connectivity index (χ3v) is 3.59. The Labute approximate surface area is 119 Å². The maximum absolute atomic E-state index is 12.7. The Morgan fingerprint density at radius 3 is 2.25 bits per heavy atom. The van der Waals surface area contributed by atoms with Crippen LogP contribution in [-0.2, 0) is 0 Å². The van der Waals surface area contributed by atoms with E-state index in [1.165, 1.54) is 5.56 Å². The lowest BCUT2D eigenvalue weighted by atomic mass is 9.94. The Hall–Kier alpha value is -2.29. The first-order valence-electron chi connectivity index (χ1n) is 6.50. The van der Waals surface area contributed by atoms with Gasteiger partial charge in [-0.2, -0.15) is 0 Å². The predicted molar refractivity (Wildman–Crippen MR) is 81.5 cm³/mol. The molecule has 0 bridgehead atoms. The Morgan fingerprint density at radius 1 is 0.950 bits per heavy atom. The second kappa shape index (κ2) is 5.37. The summed E-state index contributed by atoms with van der Waals surface area (Å²) in [6.45, 7) is 5.98. The average Bonchev–Trinajstić information content (AvgIpc) is 2.42. The second-order valence-corrected chi connectivity index (χ2v) is 5.03. The number of nitrogen functional groups attached to an aromatic ring is 1. The largest absolute Gasteiger partial charge is 0.497 e. The lowest BCUT2D eigenvalue weighted by Gasteiger charge is -2.11. The number of hydrogen-bond donors (Lipinski definition) is 1. The molecule has 0 saturated carbocycles. The fourth-order valence-electron chi connectivity index (χ4n) is 2.21. The number of aryl methyl sites for hydroxylation is 3. The van der Waals surface area contributed by atoms with Gasteiger partial charge in [-0.15, -0.1) is 0 Å². The number of benzene rings is 2. The molecule has 20 heavy (non-hydrogen) atoms. The topological polar surface area (TPSA) is 52.3 Å². The predicted octanol–water partition coefficient (Wildman–Crippen LogP) is 3.43. The van der Waals surface area contributed by atoms with E-state index in [0.29, 0.717) is 22.6 Å². The molecular formula is C17H19NO2. The molecule has 0 aliphatic carbocycles. The van der Waals surface area contributed by atoms with Gasteiger partial charge in [-0.05, 0) is 61.7 Å². The fourth-order valence-corrected chi connectivity index (χ4v) is 2.21. The molecule has 0 fully saturated rings. The summed E-state index contributed by atoms with van der Waals surface area (Å²) in [5, 5.41) is 0. The van der Waals surface area contributed by atoms with Crippen LogP contribution in [0.25, 0.3) is 0 Å². The minimum atomic E-state index is -0.0676. The lowest BCUT2D eigenvalue weighted by Crippen LogP contribution is -2.08. The van der Waals surface area contributed by atoms with Gasteiger partial charge in [0.25, 0.3) is 0 Å². The maximum Gasteiger partial charge on any atom is 0.195 e. The van der Waals surface area contributed by atoms with Crippen molar-refractivity contribution in [2.45, 2.75) is 20.8 Å². The van der Waals surface area contributed by atoms with Crippen LogP contribution in [0.15, 0.2) is 30.3 Å². The molecule has 2 aromatic rings. The first kappa shape index (κ1) is 14.1. The van der Waals surface area contributed by atoms with Gasteiger partial charge in [0.1, 0.15) is 5.75 Å². The molecule has 104 valence electrons. The van der Waals surface area contributed by atoms with Crippen LogP contribution in [0.3, 0.4) is 0 Å². The Bertz CT molecular complexity index is 675. The highest BCUT2D eigenvalue weighted by Gasteiger charge is 2.16. The first-order valence-corrected chi connectivity index (χ1v) is 6.50. The van der Waals surface area contributed by atoms with E-state index in [-0.39, 0.29) is 5.78 Å². The van der Waals surface area contributed by atoms with Crippen LogP contribution in [0.2, 0.25) is 0 Å². The van der Waals surface area contributed by atoms with Crippen LogP contribution in [0.5, 0.6) is 5.75 Å². The van der Waals surface area contributed by atoms with E-state index in [9.17, 15) is 4.79 Å². The van der Waals surface area contributed by atoms with Crippen molar-refractivity contribution in [1.82, 2.24) is 0 Å². The summed E-state index contributed by atoms with van der Waals surface area (Å²) < 4.78 is 5.16. The van der Waals surface area contributed by atoms with Crippen molar-refractivity contribution in [2.24, 2.45) is 0 Å². The molecule has 0 heterocycles. The molecule has 2 rings (SSSR count). The number of ether oxygens (including phenoxy) is 1. The van der Waals surface area contributed by atoms with Crippen molar-refractivity contribution >= 4 is 11.5 Å². The summed E-state index contributed by atoms with van der Waals surface area (Å²) in [5.41, 5.74) is 10.8. The highest BCUT2D eigenvalue weighted by atomic mass is 16.5. The van der Waals surface area contributed by atoms with Crippen molar-refractivity contribution in [3.63, 3.8) is 0 Å². The lowest BCUT2D eigenvalue weighted by molar-refractivity contribution is 0.103. The smallest absolute Gasteiger partial charge is 0.195 e. The van der Waals surface area contributed by atoms with Crippen molar-refractivity contribution in [1.29, 1.82) is 0 Å². The quantitative estimate of drug-likeness (QED) is 0.686. The molecule has 0 amide bonds. The molecule has 3 nitrogen and oxygen atoms in total. The van der Waals surface area contributed by atoms with Crippen molar-refractivity contribution < 1.29 is 9.53 Å². The molecule has 0 spiro atoms. The SMILES string of the molecule is COc1ccc(N)c(C(=O)c2cc(C)c(C)cc2C)c1. The van der Waals surface area contributed by atoms with E-state index in [0.717, 1.165) is 11.1 Å². The van der Waals surface area contributed by atoms with E-state index in [1.807, 2.05) is 32.9 Å². The van der Waals surface area contributed by atoms with Gasteiger partial charge in [0.05, 0.1) is 7.11 Å². The number of hydrogen-bond acceptors (Lipinski definition) is 3. The first-order chi connectivity index (χ1) is 9.43. The third kappa shape index (κ3) is 2.52. The Morgan fingerprint density at radius 2 is 1.60 bits per heavy atom. The number of rotatable bonds is 3. The van der Waals surface area contributed by atoms with Crippen molar-refractivity contribution in [2.75, 3.05) is 12.8 Å². The summed E-state index contributed by atoms with van der Waals surface area (Å²) in [5.74, 6) is 0.561. The van der Waals surface area contributed by atoms with Crippen LogP contribution in [-0.4, -0.2) is 12.9 Å². The van der Waals surface area contributed by atoms with Gasteiger partial charge in [-0.1, -0.05) is 6.07 Å². The zero-order chi connectivity index (χ0) is 14.9. The van der Waals surface area contributed by atoms with Gasteiger partial charge < -0.3 is 10.5 Å². The van der Waals surface area contributed by atoms with E-state index >= 15 is 0 Å². The molecule has 2 N–H and O–H groups in total. The molecular weight excluding hydrogens is 250 g/mol. The minimum absolute atomic E-state index is 0.0676. The normalized spacial score (nSPS) is 10.4. The molecule has 0 aromatic heterocycles. The summed E-state index contributed by atoms with van der Waals surface area (Å²) in [7, 11) is 1.57. The average molecular weight is 269 g/mol. The monoisotopic (exact) mass is 269 g/mol. The van der Waals surface area contributed by atoms with E-state index in [2.05, 4.69) is 0 Å². The summed E-state index contributed by atoms with van der Waals surface area (Å²) >= 11 is 0. The van der Waals surface area contributed by atoms with Crippen molar-refractivity contribution in [3.8, 4) is 5.75 Å². The zero-order valence-electron chi connectivity index (χ0n) is 12.3. The fraction of sp³-hybridized carbons (Fsp3) is 0.235. The molecule has 0 aliphatic heterocycles. The molecule has 0 aliphatic rings. The molecule has 3 heteroatoms. The van der Waals surface area contributed by atoms with Crippen LogP contribution in [0, 0.1) is 20.8 Å². The van der Waals surface area contributed by atoms with E-state index < -0.39 is 0 Å². The Balaban J connectivity index is 2.54. The van der Waals surface area contributed by atoms with E-state index in [1.54, 1.807) is 25.3 Å². The van der Waals surface area contributed by atoms with Crippen LogP contribution < -0.4 is 10.5 Å². The van der Waals surface area contributed by atoms with Gasteiger partial charge in [0, 0.05) is 16.8 Å². The number of nitrogens with two attached hydrogens (primary N) is 1. The summed E-state index contributed by atoms with van der Waals surface area (Å²) in [4.78, 5) is 12.7. The highest BCUT2D eigenvalue weighted by molar-refractivity contribution is 6.13. The maximum atomic E-state index is 12.7. The number of carbonyl (C=O) groups is 1.